The topological polar surface area (TPSA) is 60.9 Å². The Morgan fingerprint density at radius 3 is 2.93 bits per heavy atom. The number of aromatic nitrogens is 2. The fraction of sp³-hybridized carbons (Fsp3) is 0.556. The highest BCUT2D eigenvalue weighted by molar-refractivity contribution is 6.33. The number of carbonyl (C=O) groups excluding carboxylic acids is 1. The van der Waals surface area contributed by atoms with Gasteiger partial charge >= 0.3 is 0 Å². The van der Waals surface area contributed by atoms with Crippen molar-refractivity contribution in [3.63, 3.8) is 0 Å². The van der Waals surface area contributed by atoms with Gasteiger partial charge in [-0.1, -0.05) is 18.5 Å². The summed E-state index contributed by atoms with van der Waals surface area (Å²) in [6, 6.07) is 0. The molecule has 5 heteroatoms. The Morgan fingerprint density at radius 2 is 2.43 bits per heavy atom. The minimum atomic E-state index is -0.213. The highest BCUT2D eigenvalue weighted by Crippen LogP contribution is 2.18. The van der Waals surface area contributed by atoms with E-state index in [1.54, 1.807) is 11.6 Å². The number of nitrogens with zero attached hydrogens (tertiary/aromatic N) is 2. The molecule has 0 bridgehead atoms. The van der Waals surface area contributed by atoms with E-state index in [0.717, 1.165) is 0 Å². The number of carbonyl (C=O) groups is 1. The lowest BCUT2D eigenvalue weighted by Gasteiger charge is -2.09. The Balaban J connectivity index is 3.04. The SMILES string of the molecule is CCn1ncc(Cl)c1C(=O)C(C)CN. The number of aryl methyl sites for hydroxylation is 1. The van der Waals surface area contributed by atoms with Gasteiger partial charge in [0.1, 0.15) is 5.69 Å². The number of hydrogen-bond donors (Lipinski definition) is 1. The van der Waals surface area contributed by atoms with Gasteiger partial charge in [0, 0.05) is 19.0 Å². The van der Waals surface area contributed by atoms with Gasteiger partial charge in [-0.3, -0.25) is 9.48 Å². The molecule has 1 unspecified atom stereocenters. The maximum absolute atomic E-state index is 11.8. The van der Waals surface area contributed by atoms with Gasteiger partial charge < -0.3 is 5.73 Å². The molecule has 2 N–H and O–H groups in total. The van der Waals surface area contributed by atoms with Crippen LogP contribution in [0.2, 0.25) is 5.02 Å². The summed E-state index contributed by atoms with van der Waals surface area (Å²) >= 11 is 5.87. The van der Waals surface area contributed by atoms with Crippen molar-refractivity contribution in [1.82, 2.24) is 9.78 Å². The number of ketones is 1. The van der Waals surface area contributed by atoms with Gasteiger partial charge in [-0.05, 0) is 6.92 Å². The van der Waals surface area contributed by atoms with Gasteiger partial charge in [-0.15, -0.1) is 0 Å². The van der Waals surface area contributed by atoms with E-state index >= 15 is 0 Å². The van der Waals surface area contributed by atoms with Crippen LogP contribution in [0.1, 0.15) is 24.3 Å². The van der Waals surface area contributed by atoms with Gasteiger partial charge in [-0.25, -0.2) is 0 Å². The van der Waals surface area contributed by atoms with Crippen molar-refractivity contribution in [3.05, 3.63) is 16.9 Å². The first-order chi connectivity index (χ1) is 6.61. The number of hydrogen-bond acceptors (Lipinski definition) is 3. The van der Waals surface area contributed by atoms with E-state index in [4.69, 9.17) is 17.3 Å². The maximum atomic E-state index is 11.8. The maximum Gasteiger partial charge on any atom is 0.186 e. The van der Waals surface area contributed by atoms with Crippen molar-refractivity contribution < 1.29 is 4.79 Å². The minimum absolute atomic E-state index is 0.0446. The first-order valence-corrected chi connectivity index (χ1v) is 4.95. The van der Waals surface area contributed by atoms with E-state index in [2.05, 4.69) is 5.10 Å². The number of Topliss-reactive ketones (excluding diaryl/α,β-unsaturated/α-hetero) is 1. The summed E-state index contributed by atoms with van der Waals surface area (Å²) in [6.07, 6.45) is 1.49. The van der Waals surface area contributed by atoms with Crippen LogP contribution in [0.3, 0.4) is 0 Å². The van der Waals surface area contributed by atoms with Crippen LogP contribution in [0.4, 0.5) is 0 Å². The van der Waals surface area contributed by atoms with Crippen molar-refractivity contribution in [3.8, 4) is 0 Å². The van der Waals surface area contributed by atoms with Crippen molar-refractivity contribution >= 4 is 17.4 Å². The second kappa shape index (κ2) is 4.57. The highest BCUT2D eigenvalue weighted by atomic mass is 35.5. The molecule has 4 nitrogen and oxygen atoms in total. The minimum Gasteiger partial charge on any atom is -0.330 e. The Labute approximate surface area is 88.0 Å². The molecule has 1 heterocycles. The van der Waals surface area contributed by atoms with Crippen LogP contribution in [0.25, 0.3) is 0 Å². The Hall–Kier alpha value is -0.870. The third-order valence-electron chi connectivity index (χ3n) is 2.13. The molecule has 1 rings (SSSR count). The molecule has 14 heavy (non-hydrogen) atoms. The fourth-order valence-corrected chi connectivity index (χ4v) is 1.42. The molecule has 0 aliphatic carbocycles. The second-order valence-corrected chi connectivity index (χ2v) is 3.57. The zero-order chi connectivity index (χ0) is 10.7. The molecule has 0 aromatic carbocycles. The molecule has 0 saturated carbocycles. The van der Waals surface area contributed by atoms with Crippen LogP contribution in [-0.2, 0) is 6.54 Å². The molecule has 0 saturated heterocycles. The monoisotopic (exact) mass is 215 g/mol. The van der Waals surface area contributed by atoms with E-state index in [1.807, 2.05) is 6.92 Å². The van der Waals surface area contributed by atoms with Crippen LogP contribution in [0.15, 0.2) is 6.20 Å². The Bertz CT molecular complexity index is 335. The molecular weight excluding hydrogens is 202 g/mol. The van der Waals surface area contributed by atoms with Gasteiger partial charge in [0.05, 0.1) is 11.2 Å². The third kappa shape index (κ3) is 1.96. The molecule has 0 radical (unpaired) electrons. The molecule has 0 aliphatic rings. The predicted octanol–water partition coefficient (Wildman–Crippen LogP) is 1.33. The normalized spacial score (nSPS) is 12.9. The average molecular weight is 216 g/mol. The molecule has 0 aliphatic heterocycles. The van der Waals surface area contributed by atoms with E-state index in [9.17, 15) is 4.79 Å². The lowest BCUT2D eigenvalue weighted by atomic mass is 10.0. The van der Waals surface area contributed by atoms with Crippen LogP contribution in [0, 0.1) is 5.92 Å². The van der Waals surface area contributed by atoms with Crippen LogP contribution in [0.5, 0.6) is 0 Å². The predicted molar refractivity (Wildman–Crippen MR) is 55.5 cm³/mol. The third-order valence-corrected chi connectivity index (χ3v) is 2.41. The van der Waals surface area contributed by atoms with Crippen LogP contribution >= 0.6 is 11.6 Å². The summed E-state index contributed by atoms with van der Waals surface area (Å²) in [6.45, 7) is 4.65. The van der Waals surface area contributed by atoms with Gasteiger partial charge in [0.25, 0.3) is 0 Å². The summed E-state index contributed by atoms with van der Waals surface area (Å²) < 4.78 is 1.59. The largest absolute Gasteiger partial charge is 0.330 e. The molecular formula is C9H14ClN3O. The lowest BCUT2D eigenvalue weighted by molar-refractivity contribution is 0.0923. The van der Waals surface area contributed by atoms with Crippen LogP contribution < -0.4 is 5.73 Å². The molecule has 78 valence electrons. The average Bonchev–Trinajstić information content (AvgIpc) is 2.57. The van der Waals surface area contributed by atoms with E-state index in [1.165, 1.54) is 6.20 Å². The number of halogens is 1. The molecule has 0 amide bonds. The standard InChI is InChI=1S/C9H14ClN3O/c1-3-13-8(7(10)5-12-13)9(14)6(2)4-11/h5-6H,3-4,11H2,1-2H3. The molecule has 1 aromatic rings. The fourth-order valence-electron chi connectivity index (χ4n) is 1.19. The Kier molecular flexibility index (Phi) is 3.66. The van der Waals surface area contributed by atoms with E-state index in [0.29, 0.717) is 23.8 Å². The zero-order valence-electron chi connectivity index (χ0n) is 8.33. The first kappa shape index (κ1) is 11.2. The summed E-state index contributed by atoms with van der Waals surface area (Å²) in [7, 11) is 0. The smallest absolute Gasteiger partial charge is 0.186 e. The summed E-state index contributed by atoms with van der Waals surface area (Å²) in [5, 5.41) is 4.40. The lowest BCUT2D eigenvalue weighted by Crippen LogP contribution is -2.23. The quantitative estimate of drug-likeness (QED) is 0.771. The first-order valence-electron chi connectivity index (χ1n) is 4.57. The second-order valence-electron chi connectivity index (χ2n) is 3.16. The van der Waals surface area contributed by atoms with Gasteiger partial charge in [0.2, 0.25) is 0 Å². The Morgan fingerprint density at radius 1 is 1.79 bits per heavy atom. The molecule has 0 spiro atoms. The molecule has 0 fully saturated rings. The van der Waals surface area contributed by atoms with Crippen molar-refractivity contribution in [1.29, 1.82) is 0 Å². The number of nitrogens with two attached hydrogens (primary N) is 1. The summed E-state index contributed by atoms with van der Waals surface area (Å²) in [5.41, 5.74) is 5.89. The highest BCUT2D eigenvalue weighted by Gasteiger charge is 2.21. The van der Waals surface area contributed by atoms with Crippen molar-refractivity contribution in [2.24, 2.45) is 11.7 Å². The van der Waals surface area contributed by atoms with Crippen molar-refractivity contribution in [2.75, 3.05) is 6.54 Å². The van der Waals surface area contributed by atoms with Gasteiger partial charge in [-0.2, -0.15) is 5.10 Å². The van der Waals surface area contributed by atoms with E-state index in [-0.39, 0.29) is 11.7 Å². The zero-order valence-corrected chi connectivity index (χ0v) is 9.08. The summed E-state index contributed by atoms with van der Waals surface area (Å²) in [5.74, 6) is -0.258. The van der Waals surface area contributed by atoms with Crippen molar-refractivity contribution in [2.45, 2.75) is 20.4 Å². The van der Waals surface area contributed by atoms with E-state index < -0.39 is 0 Å². The van der Waals surface area contributed by atoms with Gasteiger partial charge in [0.15, 0.2) is 5.78 Å². The number of rotatable bonds is 4. The summed E-state index contributed by atoms with van der Waals surface area (Å²) in [4.78, 5) is 11.8. The van der Waals surface area contributed by atoms with Crippen LogP contribution in [-0.4, -0.2) is 22.1 Å². The molecule has 1 atom stereocenters. The molecule has 1 aromatic heterocycles.